The van der Waals surface area contributed by atoms with Crippen LogP contribution >= 0.6 is 23.2 Å². The van der Waals surface area contributed by atoms with Crippen molar-refractivity contribution < 1.29 is 27.4 Å². The molecule has 0 radical (unpaired) electrons. The van der Waals surface area contributed by atoms with Gasteiger partial charge in [-0.1, -0.05) is 23.2 Å². The normalized spacial score (nSPS) is 15.1. The Kier molecular flexibility index (Phi) is 5.72. The highest BCUT2D eigenvalue weighted by Crippen LogP contribution is 2.38. The molecular formula is C18H14Cl2F3NO3. The number of alkyl halides is 3. The lowest BCUT2D eigenvalue weighted by Gasteiger charge is -2.16. The number of nitrogens with zero attached hydrogens (tertiary/aromatic N) is 1. The second kappa shape index (κ2) is 7.86. The molecule has 1 aliphatic heterocycles. The standard InChI is InChI=1S/C18H14Cl2F3NO3/c1-10(17-24-6-7-25-17)26-16-9-12(3-4-13(16)19)27-15-5-2-11(8-14(15)20)18(21,22)23/h2-5,8-10H,6-7H2,1H3. The molecule has 1 heterocycles. The summed E-state index contributed by atoms with van der Waals surface area (Å²) in [5.74, 6) is 1.18. The molecule has 0 saturated carbocycles. The van der Waals surface area contributed by atoms with Gasteiger partial charge in [-0.2, -0.15) is 13.2 Å². The number of halogens is 5. The first-order valence-electron chi connectivity index (χ1n) is 7.92. The zero-order chi connectivity index (χ0) is 19.6. The third-order valence-electron chi connectivity index (χ3n) is 3.65. The summed E-state index contributed by atoms with van der Waals surface area (Å²) in [6, 6.07) is 7.48. The summed E-state index contributed by atoms with van der Waals surface area (Å²) < 4.78 is 54.8. The van der Waals surface area contributed by atoms with Gasteiger partial charge in [-0.25, -0.2) is 4.99 Å². The molecule has 144 valence electrons. The lowest BCUT2D eigenvalue weighted by atomic mass is 10.2. The number of ether oxygens (including phenoxy) is 3. The average Bonchev–Trinajstić information content (AvgIpc) is 3.13. The van der Waals surface area contributed by atoms with Crippen LogP contribution in [0.2, 0.25) is 10.0 Å². The fourth-order valence-electron chi connectivity index (χ4n) is 2.36. The first-order chi connectivity index (χ1) is 12.7. The van der Waals surface area contributed by atoms with Crippen LogP contribution < -0.4 is 9.47 Å². The van der Waals surface area contributed by atoms with E-state index in [9.17, 15) is 13.2 Å². The van der Waals surface area contributed by atoms with E-state index in [-0.39, 0.29) is 10.8 Å². The fourth-order valence-corrected chi connectivity index (χ4v) is 2.74. The van der Waals surface area contributed by atoms with Gasteiger partial charge < -0.3 is 14.2 Å². The molecule has 0 fully saturated rings. The van der Waals surface area contributed by atoms with E-state index < -0.39 is 17.8 Å². The monoisotopic (exact) mass is 419 g/mol. The molecular weight excluding hydrogens is 406 g/mol. The molecule has 0 spiro atoms. The van der Waals surface area contributed by atoms with Crippen molar-refractivity contribution in [2.45, 2.75) is 19.2 Å². The molecule has 1 aliphatic rings. The smallest absolute Gasteiger partial charge is 0.416 e. The van der Waals surface area contributed by atoms with Gasteiger partial charge in [0.15, 0.2) is 6.10 Å². The van der Waals surface area contributed by atoms with Crippen LogP contribution in [0.1, 0.15) is 12.5 Å². The zero-order valence-electron chi connectivity index (χ0n) is 14.0. The summed E-state index contributed by atoms with van der Waals surface area (Å²) in [5, 5.41) is 0.177. The SMILES string of the molecule is CC(Oc1cc(Oc2ccc(C(F)(F)F)cc2Cl)ccc1Cl)C1=NCCO1. The first-order valence-corrected chi connectivity index (χ1v) is 8.67. The van der Waals surface area contributed by atoms with E-state index in [1.807, 2.05) is 0 Å². The molecule has 0 aliphatic carbocycles. The van der Waals surface area contributed by atoms with Gasteiger partial charge in [0.1, 0.15) is 23.9 Å². The van der Waals surface area contributed by atoms with Crippen molar-refractivity contribution in [2.24, 2.45) is 4.99 Å². The number of rotatable bonds is 5. The van der Waals surface area contributed by atoms with Crippen LogP contribution in [-0.4, -0.2) is 25.2 Å². The third kappa shape index (κ3) is 4.78. The van der Waals surface area contributed by atoms with Gasteiger partial charge in [-0.3, -0.25) is 0 Å². The second-order valence-electron chi connectivity index (χ2n) is 5.67. The molecule has 1 atom stereocenters. The van der Waals surface area contributed by atoms with Crippen molar-refractivity contribution in [2.75, 3.05) is 13.2 Å². The number of aliphatic imine (C=N–C) groups is 1. The minimum Gasteiger partial charge on any atom is -0.479 e. The summed E-state index contributed by atoms with van der Waals surface area (Å²) in [6.07, 6.45) is -4.93. The van der Waals surface area contributed by atoms with Crippen LogP contribution in [0.25, 0.3) is 0 Å². The van der Waals surface area contributed by atoms with Crippen molar-refractivity contribution in [3.63, 3.8) is 0 Å². The molecule has 9 heteroatoms. The molecule has 0 bridgehead atoms. The lowest BCUT2D eigenvalue weighted by Crippen LogP contribution is -2.24. The van der Waals surface area contributed by atoms with E-state index in [4.69, 9.17) is 37.4 Å². The summed E-state index contributed by atoms with van der Waals surface area (Å²) >= 11 is 12.1. The summed E-state index contributed by atoms with van der Waals surface area (Å²) in [6.45, 7) is 2.85. The Labute approximate surface area is 163 Å². The highest BCUT2D eigenvalue weighted by molar-refractivity contribution is 6.32. The Hall–Kier alpha value is -2.12. The number of hydrogen-bond donors (Lipinski definition) is 0. The largest absolute Gasteiger partial charge is 0.479 e. The summed E-state index contributed by atoms with van der Waals surface area (Å²) in [4.78, 5) is 4.18. The second-order valence-corrected chi connectivity index (χ2v) is 6.48. The molecule has 3 rings (SSSR count). The number of hydrogen-bond acceptors (Lipinski definition) is 4. The third-order valence-corrected chi connectivity index (χ3v) is 4.26. The first kappa shape index (κ1) is 19.6. The maximum atomic E-state index is 12.7. The Morgan fingerprint density at radius 3 is 2.48 bits per heavy atom. The maximum absolute atomic E-state index is 12.7. The van der Waals surface area contributed by atoms with Gasteiger partial charge in [0.25, 0.3) is 0 Å². The zero-order valence-corrected chi connectivity index (χ0v) is 15.5. The minimum atomic E-state index is -4.48. The van der Waals surface area contributed by atoms with Crippen LogP contribution in [0, 0.1) is 0 Å². The Morgan fingerprint density at radius 1 is 1.07 bits per heavy atom. The maximum Gasteiger partial charge on any atom is 0.416 e. The average molecular weight is 420 g/mol. The van der Waals surface area contributed by atoms with Crippen LogP contribution in [0.5, 0.6) is 17.2 Å². The summed E-state index contributed by atoms with van der Waals surface area (Å²) in [7, 11) is 0. The molecule has 0 N–H and O–H groups in total. The molecule has 0 saturated heterocycles. The van der Waals surface area contributed by atoms with Gasteiger partial charge in [0.2, 0.25) is 5.90 Å². The van der Waals surface area contributed by atoms with Crippen molar-refractivity contribution in [3.05, 3.63) is 52.0 Å². The highest BCUT2D eigenvalue weighted by atomic mass is 35.5. The van der Waals surface area contributed by atoms with Crippen LogP contribution in [0.4, 0.5) is 13.2 Å². The quantitative estimate of drug-likeness (QED) is 0.596. The van der Waals surface area contributed by atoms with Gasteiger partial charge in [0, 0.05) is 6.07 Å². The van der Waals surface area contributed by atoms with Gasteiger partial charge >= 0.3 is 6.18 Å². The fraction of sp³-hybridized carbons (Fsp3) is 0.278. The summed E-state index contributed by atoms with van der Waals surface area (Å²) in [5.41, 5.74) is -0.855. The van der Waals surface area contributed by atoms with Crippen LogP contribution in [0.15, 0.2) is 41.4 Å². The molecule has 27 heavy (non-hydrogen) atoms. The molecule has 2 aromatic carbocycles. The lowest BCUT2D eigenvalue weighted by molar-refractivity contribution is -0.137. The predicted octanol–water partition coefficient (Wildman–Crippen LogP) is 6.00. The molecule has 1 unspecified atom stereocenters. The van der Waals surface area contributed by atoms with Crippen LogP contribution in [0.3, 0.4) is 0 Å². The van der Waals surface area contributed by atoms with Gasteiger partial charge in [-0.15, -0.1) is 0 Å². The van der Waals surface area contributed by atoms with E-state index in [1.54, 1.807) is 19.1 Å². The predicted molar refractivity (Wildman–Crippen MR) is 96.3 cm³/mol. The van der Waals surface area contributed by atoms with E-state index >= 15 is 0 Å². The van der Waals surface area contributed by atoms with Crippen LogP contribution in [-0.2, 0) is 10.9 Å². The highest BCUT2D eigenvalue weighted by Gasteiger charge is 2.31. The molecule has 0 amide bonds. The Bertz CT molecular complexity index is 871. The van der Waals surface area contributed by atoms with Gasteiger partial charge in [-0.05, 0) is 37.3 Å². The van der Waals surface area contributed by atoms with E-state index in [0.717, 1.165) is 18.2 Å². The molecule has 2 aromatic rings. The molecule has 0 aromatic heterocycles. The van der Waals surface area contributed by atoms with Crippen molar-refractivity contribution in [1.82, 2.24) is 0 Å². The van der Waals surface area contributed by atoms with Gasteiger partial charge in [0.05, 0.1) is 22.2 Å². The molecule has 4 nitrogen and oxygen atoms in total. The minimum absolute atomic E-state index is 0.0782. The number of benzene rings is 2. The van der Waals surface area contributed by atoms with E-state index in [2.05, 4.69) is 4.99 Å². The van der Waals surface area contributed by atoms with Crippen molar-refractivity contribution >= 4 is 29.1 Å². The Morgan fingerprint density at radius 2 is 1.85 bits per heavy atom. The van der Waals surface area contributed by atoms with Crippen molar-refractivity contribution in [1.29, 1.82) is 0 Å². The topological polar surface area (TPSA) is 40.0 Å². The van der Waals surface area contributed by atoms with E-state index in [1.165, 1.54) is 6.07 Å². The van der Waals surface area contributed by atoms with E-state index in [0.29, 0.717) is 35.6 Å². The van der Waals surface area contributed by atoms with Crippen molar-refractivity contribution in [3.8, 4) is 17.2 Å². The Balaban J connectivity index is 1.78.